The van der Waals surface area contributed by atoms with Crippen molar-refractivity contribution in [3.8, 4) is 6.07 Å². The molecular formula is C12H25N3O. The van der Waals surface area contributed by atoms with Gasteiger partial charge in [0, 0.05) is 38.1 Å². The lowest BCUT2D eigenvalue weighted by Gasteiger charge is -2.28. The van der Waals surface area contributed by atoms with E-state index in [4.69, 9.17) is 5.26 Å². The van der Waals surface area contributed by atoms with Crippen molar-refractivity contribution < 1.29 is 5.11 Å². The van der Waals surface area contributed by atoms with E-state index < -0.39 is 0 Å². The maximum Gasteiger partial charge on any atom is 0.0791 e. The first-order valence-electron chi connectivity index (χ1n) is 5.99. The van der Waals surface area contributed by atoms with E-state index in [1.807, 2.05) is 0 Å². The molecule has 0 saturated carbocycles. The zero-order valence-electron chi connectivity index (χ0n) is 10.9. The molecule has 0 fully saturated rings. The van der Waals surface area contributed by atoms with Gasteiger partial charge in [-0.1, -0.05) is 13.8 Å². The van der Waals surface area contributed by atoms with E-state index in [1.165, 1.54) is 0 Å². The Balaban J connectivity index is 3.93. The van der Waals surface area contributed by atoms with Crippen LogP contribution in [0.2, 0.25) is 0 Å². The van der Waals surface area contributed by atoms with Gasteiger partial charge in [0.1, 0.15) is 0 Å². The van der Waals surface area contributed by atoms with Crippen LogP contribution in [0, 0.1) is 11.3 Å². The van der Waals surface area contributed by atoms with E-state index in [2.05, 4.69) is 44.0 Å². The normalized spacial score (nSPS) is 13.4. The first-order valence-corrected chi connectivity index (χ1v) is 5.99. The highest BCUT2D eigenvalue weighted by Gasteiger charge is 2.14. The lowest BCUT2D eigenvalue weighted by Crippen LogP contribution is -2.43. The molecule has 0 aromatic rings. The minimum Gasteiger partial charge on any atom is -0.390 e. The van der Waals surface area contributed by atoms with Gasteiger partial charge in [-0.3, -0.25) is 4.90 Å². The Labute approximate surface area is 99.3 Å². The van der Waals surface area contributed by atoms with E-state index in [1.54, 1.807) is 0 Å². The molecule has 1 atom stereocenters. The number of hydrogen-bond donors (Lipinski definition) is 2. The van der Waals surface area contributed by atoms with Crippen molar-refractivity contribution in [3.63, 3.8) is 0 Å². The SMILES string of the molecule is CC(C)NCC(O)CN(CCC#N)C(C)C. The summed E-state index contributed by atoms with van der Waals surface area (Å²) in [6.07, 6.45) is 0.145. The molecule has 2 N–H and O–H groups in total. The predicted molar refractivity (Wildman–Crippen MR) is 66.1 cm³/mol. The molecule has 94 valence electrons. The van der Waals surface area contributed by atoms with Gasteiger partial charge in [-0.05, 0) is 13.8 Å². The summed E-state index contributed by atoms with van der Waals surface area (Å²) in [5, 5.41) is 21.6. The van der Waals surface area contributed by atoms with Gasteiger partial charge in [0.25, 0.3) is 0 Å². The molecular weight excluding hydrogens is 202 g/mol. The summed E-state index contributed by atoms with van der Waals surface area (Å²) in [5.74, 6) is 0. The minimum atomic E-state index is -0.372. The second-order valence-electron chi connectivity index (χ2n) is 4.71. The fourth-order valence-electron chi connectivity index (χ4n) is 1.46. The van der Waals surface area contributed by atoms with Gasteiger partial charge in [-0.25, -0.2) is 0 Å². The number of nitrogens with one attached hydrogen (secondary N) is 1. The minimum absolute atomic E-state index is 0.363. The first kappa shape index (κ1) is 15.4. The molecule has 4 nitrogen and oxygen atoms in total. The average molecular weight is 227 g/mol. The summed E-state index contributed by atoms with van der Waals surface area (Å²) < 4.78 is 0. The standard InChI is InChI=1S/C12H25N3O/c1-10(2)14-8-12(16)9-15(11(3)4)7-5-6-13/h10-12,14,16H,5,7-9H2,1-4H3. The van der Waals surface area contributed by atoms with E-state index in [9.17, 15) is 5.11 Å². The van der Waals surface area contributed by atoms with Crippen LogP contribution in [0.4, 0.5) is 0 Å². The molecule has 0 aliphatic rings. The number of rotatable bonds is 8. The van der Waals surface area contributed by atoms with Gasteiger partial charge in [0.2, 0.25) is 0 Å². The summed E-state index contributed by atoms with van der Waals surface area (Å²) in [5.41, 5.74) is 0. The third-order valence-electron chi connectivity index (χ3n) is 2.45. The molecule has 4 heteroatoms. The van der Waals surface area contributed by atoms with Gasteiger partial charge in [-0.15, -0.1) is 0 Å². The highest BCUT2D eigenvalue weighted by Crippen LogP contribution is 2.01. The predicted octanol–water partition coefficient (Wildman–Crippen LogP) is 0.969. The molecule has 0 spiro atoms. The number of aliphatic hydroxyl groups excluding tert-OH is 1. The Morgan fingerprint density at radius 1 is 1.31 bits per heavy atom. The van der Waals surface area contributed by atoms with Gasteiger partial charge in [-0.2, -0.15) is 5.26 Å². The van der Waals surface area contributed by atoms with E-state index >= 15 is 0 Å². The molecule has 0 aliphatic carbocycles. The quantitative estimate of drug-likeness (QED) is 0.648. The Bertz CT molecular complexity index is 211. The molecule has 0 saturated heterocycles. The largest absolute Gasteiger partial charge is 0.390 e. The molecule has 0 bridgehead atoms. The zero-order valence-corrected chi connectivity index (χ0v) is 10.9. The van der Waals surface area contributed by atoms with Crippen molar-refractivity contribution in [2.24, 2.45) is 0 Å². The highest BCUT2D eigenvalue weighted by atomic mass is 16.3. The van der Waals surface area contributed by atoms with Crippen molar-refractivity contribution >= 4 is 0 Å². The molecule has 0 aliphatic heterocycles. The smallest absolute Gasteiger partial charge is 0.0791 e. The van der Waals surface area contributed by atoms with Crippen LogP contribution < -0.4 is 5.32 Å². The first-order chi connectivity index (χ1) is 7.47. The van der Waals surface area contributed by atoms with Crippen LogP contribution in [-0.4, -0.2) is 47.8 Å². The lowest BCUT2D eigenvalue weighted by molar-refractivity contribution is 0.0944. The second kappa shape index (κ2) is 8.51. The van der Waals surface area contributed by atoms with Crippen molar-refractivity contribution in [1.82, 2.24) is 10.2 Å². The zero-order chi connectivity index (χ0) is 12.6. The van der Waals surface area contributed by atoms with Crippen LogP contribution in [0.25, 0.3) is 0 Å². The Hall–Kier alpha value is -0.630. The maximum absolute atomic E-state index is 9.83. The Morgan fingerprint density at radius 3 is 2.38 bits per heavy atom. The lowest BCUT2D eigenvalue weighted by atomic mass is 10.2. The molecule has 0 amide bonds. The average Bonchev–Trinajstić information content (AvgIpc) is 2.20. The highest BCUT2D eigenvalue weighted by molar-refractivity contribution is 4.76. The molecule has 0 radical (unpaired) electrons. The van der Waals surface area contributed by atoms with Crippen molar-refractivity contribution in [1.29, 1.82) is 5.26 Å². The number of hydrogen-bond acceptors (Lipinski definition) is 4. The van der Waals surface area contributed by atoms with Crippen molar-refractivity contribution in [3.05, 3.63) is 0 Å². The van der Waals surface area contributed by atoms with Gasteiger partial charge >= 0.3 is 0 Å². The third-order valence-corrected chi connectivity index (χ3v) is 2.45. The van der Waals surface area contributed by atoms with E-state index in [0.717, 1.165) is 6.54 Å². The Morgan fingerprint density at radius 2 is 1.94 bits per heavy atom. The molecule has 0 rings (SSSR count). The summed E-state index contributed by atoms with van der Waals surface area (Å²) in [6.45, 7) is 10.2. The van der Waals surface area contributed by atoms with Gasteiger partial charge in [0.15, 0.2) is 0 Å². The van der Waals surface area contributed by atoms with Crippen LogP contribution in [0.5, 0.6) is 0 Å². The molecule has 0 aromatic heterocycles. The van der Waals surface area contributed by atoms with Crippen molar-refractivity contribution in [2.45, 2.75) is 52.3 Å². The van der Waals surface area contributed by atoms with Crippen LogP contribution in [0.3, 0.4) is 0 Å². The summed E-state index contributed by atoms with van der Waals surface area (Å²) in [6, 6.07) is 2.89. The summed E-state index contributed by atoms with van der Waals surface area (Å²) >= 11 is 0. The monoisotopic (exact) mass is 227 g/mol. The van der Waals surface area contributed by atoms with Gasteiger partial charge < -0.3 is 10.4 Å². The van der Waals surface area contributed by atoms with Crippen LogP contribution >= 0.6 is 0 Å². The van der Waals surface area contributed by atoms with Crippen LogP contribution in [0.1, 0.15) is 34.1 Å². The fourth-order valence-corrected chi connectivity index (χ4v) is 1.46. The second-order valence-corrected chi connectivity index (χ2v) is 4.71. The fraction of sp³-hybridized carbons (Fsp3) is 0.917. The number of nitrogens with zero attached hydrogens (tertiary/aromatic N) is 2. The molecule has 0 heterocycles. The third kappa shape index (κ3) is 7.63. The van der Waals surface area contributed by atoms with Crippen LogP contribution in [-0.2, 0) is 0 Å². The summed E-state index contributed by atoms with van der Waals surface area (Å²) in [7, 11) is 0. The molecule has 0 aromatic carbocycles. The number of aliphatic hydroxyl groups is 1. The molecule has 16 heavy (non-hydrogen) atoms. The van der Waals surface area contributed by atoms with E-state index in [0.29, 0.717) is 31.6 Å². The number of nitriles is 1. The Kier molecular flexibility index (Phi) is 8.18. The topological polar surface area (TPSA) is 59.3 Å². The van der Waals surface area contributed by atoms with Crippen molar-refractivity contribution in [2.75, 3.05) is 19.6 Å². The maximum atomic E-state index is 9.83. The molecule has 1 unspecified atom stereocenters. The summed E-state index contributed by atoms with van der Waals surface area (Å²) in [4.78, 5) is 2.13. The van der Waals surface area contributed by atoms with E-state index in [-0.39, 0.29) is 6.10 Å². The van der Waals surface area contributed by atoms with Crippen LogP contribution in [0.15, 0.2) is 0 Å². The van der Waals surface area contributed by atoms with Gasteiger partial charge in [0.05, 0.1) is 12.2 Å².